The number of carbonyl (C=O) groups excluding carboxylic acids is 2. The number of hydrogen-bond acceptors (Lipinski definition) is 6. The van der Waals surface area contributed by atoms with Gasteiger partial charge in [-0.3, -0.25) is 24.0 Å². The van der Waals surface area contributed by atoms with Crippen LogP contribution in [0.25, 0.3) is 0 Å². The third-order valence-electron chi connectivity index (χ3n) is 6.58. The minimum atomic E-state index is -4.06. The molecule has 0 fully saturated rings. The molecule has 0 unspecified atom stereocenters. The lowest BCUT2D eigenvalue weighted by Gasteiger charge is -2.34. The van der Waals surface area contributed by atoms with E-state index in [0.29, 0.717) is 17.0 Å². The van der Waals surface area contributed by atoms with E-state index in [1.807, 2.05) is 44.2 Å². The molecule has 3 rings (SSSR count). The highest BCUT2D eigenvalue weighted by atomic mass is 35.5. The number of anilines is 1. The van der Waals surface area contributed by atoms with Crippen molar-refractivity contribution in [3.63, 3.8) is 0 Å². The van der Waals surface area contributed by atoms with Gasteiger partial charge in [0.05, 0.1) is 16.9 Å². The fourth-order valence-corrected chi connectivity index (χ4v) is 5.22. The first kappa shape index (κ1) is 31.6. The lowest BCUT2D eigenvalue weighted by atomic mass is 10.0. The standard InChI is InChI=1S/C29H33ClN4O6S/c1-4-21(2)31-29(36)27(17-22-11-6-5-7-12-22)32(19-23-13-8-9-16-26(23)30)28(35)20-33(41(3,39)40)24-14-10-15-25(18-24)34(37)38/h5-16,18,21,27H,4,17,19-20H2,1-3H3,(H,31,36)/t21-,27+/m0/s1. The number of halogens is 1. The molecule has 0 radical (unpaired) electrons. The molecule has 0 heterocycles. The van der Waals surface area contributed by atoms with E-state index in [1.165, 1.54) is 23.1 Å². The number of nitro benzene ring substituents is 1. The first-order chi connectivity index (χ1) is 19.4. The molecule has 12 heteroatoms. The number of rotatable bonds is 13. The number of sulfonamides is 1. The highest BCUT2D eigenvalue weighted by Gasteiger charge is 2.34. The van der Waals surface area contributed by atoms with Gasteiger partial charge in [-0.15, -0.1) is 0 Å². The minimum Gasteiger partial charge on any atom is -0.352 e. The van der Waals surface area contributed by atoms with Crippen molar-refractivity contribution >= 4 is 44.8 Å². The first-order valence-electron chi connectivity index (χ1n) is 13.0. The SMILES string of the molecule is CC[C@H](C)NC(=O)[C@@H](Cc1ccccc1)N(Cc1ccccc1Cl)C(=O)CN(c1cccc([N+](=O)[O-])c1)S(C)(=O)=O. The number of nitro groups is 1. The summed E-state index contributed by atoms with van der Waals surface area (Å²) in [5.74, 6) is -1.08. The Bertz CT molecular complexity index is 1490. The number of non-ortho nitro benzene ring substituents is 1. The summed E-state index contributed by atoms with van der Waals surface area (Å²) < 4.78 is 26.5. The van der Waals surface area contributed by atoms with Gasteiger partial charge in [0.25, 0.3) is 5.69 Å². The van der Waals surface area contributed by atoms with Crippen LogP contribution < -0.4 is 9.62 Å². The number of carbonyl (C=O) groups is 2. The van der Waals surface area contributed by atoms with Gasteiger partial charge in [0.2, 0.25) is 21.8 Å². The van der Waals surface area contributed by atoms with E-state index < -0.39 is 39.3 Å². The third-order valence-corrected chi connectivity index (χ3v) is 8.09. The van der Waals surface area contributed by atoms with Crippen LogP contribution in [0.15, 0.2) is 78.9 Å². The van der Waals surface area contributed by atoms with Crippen molar-refractivity contribution < 1.29 is 22.9 Å². The zero-order valence-electron chi connectivity index (χ0n) is 23.1. The van der Waals surface area contributed by atoms with Gasteiger partial charge >= 0.3 is 0 Å². The predicted molar refractivity (Wildman–Crippen MR) is 159 cm³/mol. The minimum absolute atomic E-state index is 0.0450. The Labute approximate surface area is 245 Å². The summed E-state index contributed by atoms with van der Waals surface area (Å²) in [5.41, 5.74) is 0.994. The summed E-state index contributed by atoms with van der Waals surface area (Å²) in [4.78, 5) is 39.7. The second kappa shape index (κ2) is 14.1. The maximum absolute atomic E-state index is 14.1. The van der Waals surface area contributed by atoms with Crippen molar-refractivity contribution in [1.82, 2.24) is 10.2 Å². The monoisotopic (exact) mass is 600 g/mol. The van der Waals surface area contributed by atoms with Crippen LogP contribution in [0, 0.1) is 10.1 Å². The summed E-state index contributed by atoms with van der Waals surface area (Å²) in [6, 6.07) is 19.9. The maximum atomic E-state index is 14.1. The van der Waals surface area contributed by atoms with Crippen LogP contribution in [-0.4, -0.2) is 54.9 Å². The lowest BCUT2D eigenvalue weighted by molar-refractivity contribution is -0.384. The van der Waals surface area contributed by atoms with Crippen LogP contribution in [0.5, 0.6) is 0 Å². The fourth-order valence-electron chi connectivity index (χ4n) is 4.18. The van der Waals surface area contributed by atoms with Crippen LogP contribution in [0.1, 0.15) is 31.4 Å². The van der Waals surface area contributed by atoms with E-state index in [1.54, 1.807) is 24.3 Å². The number of nitrogens with zero attached hydrogens (tertiary/aromatic N) is 3. The van der Waals surface area contributed by atoms with Crippen molar-refractivity contribution in [2.24, 2.45) is 0 Å². The molecule has 218 valence electrons. The Hall–Kier alpha value is -3.96. The molecule has 0 spiro atoms. The van der Waals surface area contributed by atoms with Gasteiger partial charge in [-0.1, -0.05) is 73.1 Å². The predicted octanol–water partition coefficient (Wildman–Crippen LogP) is 4.57. The normalized spacial score (nSPS) is 12.7. The first-order valence-corrected chi connectivity index (χ1v) is 15.2. The fraction of sp³-hybridized carbons (Fsp3) is 0.310. The second-order valence-electron chi connectivity index (χ2n) is 9.68. The highest BCUT2D eigenvalue weighted by molar-refractivity contribution is 7.92. The van der Waals surface area contributed by atoms with Crippen LogP contribution in [0.2, 0.25) is 5.02 Å². The molecule has 0 bridgehead atoms. The molecule has 0 saturated heterocycles. The molecule has 1 N–H and O–H groups in total. The van der Waals surface area contributed by atoms with Crippen LogP contribution in [-0.2, 0) is 32.6 Å². The molecule has 0 aromatic heterocycles. The molecule has 0 aliphatic rings. The quantitative estimate of drug-likeness (QED) is 0.226. The molecule has 3 aromatic carbocycles. The van der Waals surface area contributed by atoms with Gasteiger partial charge in [-0.05, 0) is 36.6 Å². The van der Waals surface area contributed by atoms with Gasteiger partial charge < -0.3 is 10.2 Å². The van der Waals surface area contributed by atoms with Crippen LogP contribution in [0.3, 0.4) is 0 Å². The molecular weight excluding hydrogens is 568 g/mol. The summed E-state index contributed by atoms with van der Waals surface area (Å²) in [5, 5.41) is 14.7. The topological polar surface area (TPSA) is 130 Å². The molecule has 41 heavy (non-hydrogen) atoms. The second-order valence-corrected chi connectivity index (χ2v) is 12.0. The largest absolute Gasteiger partial charge is 0.352 e. The molecule has 0 saturated carbocycles. The van der Waals surface area contributed by atoms with Crippen molar-refractivity contribution in [2.75, 3.05) is 17.1 Å². The molecular formula is C29H33ClN4O6S. The zero-order chi connectivity index (χ0) is 30.2. The molecule has 2 atom stereocenters. The van der Waals surface area contributed by atoms with E-state index in [9.17, 15) is 28.1 Å². The van der Waals surface area contributed by atoms with Gasteiger partial charge in [0.15, 0.2) is 0 Å². The number of nitrogens with one attached hydrogen (secondary N) is 1. The van der Waals surface area contributed by atoms with Gasteiger partial charge in [-0.2, -0.15) is 0 Å². The number of benzene rings is 3. The average molecular weight is 601 g/mol. The molecule has 10 nitrogen and oxygen atoms in total. The van der Waals surface area contributed by atoms with Crippen molar-refractivity contribution in [2.45, 2.75) is 45.3 Å². The van der Waals surface area contributed by atoms with E-state index in [-0.39, 0.29) is 30.4 Å². The van der Waals surface area contributed by atoms with Crippen LogP contribution >= 0.6 is 11.6 Å². The van der Waals surface area contributed by atoms with E-state index >= 15 is 0 Å². The van der Waals surface area contributed by atoms with Gasteiger partial charge in [0.1, 0.15) is 12.6 Å². The van der Waals surface area contributed by atoms with Crippen molar-refractivity contribution in [3.8, 4) is 0 Å². The van der Waals surface area contributed by atoms with E-state index in [4.69, 9.17) is 11.6 Å². The van der Waals surface area contributed by atoms with E-state index in [0.717, 1.165) is 22.2 Å². The Kier molecular flexibility index (Phi) is 10.8. The summed E-state index contributed by atoms with van der Waals surface area (Å²) in [6.45, 7) is 3.01. The summed E-state index contributed by atoms with van der Waals surface area (Å²) >= 11 is 6.44. The van der Waals surface area contributed by atoms with E-state index in [2.05, 4.69) is 5.32 Å². The zero-order valence-corrected chi connectivity index (χ0v) is 24.6. The Morgan fingerprint density at radius 1 is 1.02 bits per heavy atom. The number of hydrogen-bond donors (Lipinski definition) is 1. The molecule has 0 aliphatic carbocycles. The van der Waals surface area contributed by atoms with Crippen LogP contribution in [0.4, 0.5) is 11.4 Å². The molecule has 3 aromatic rings. The third kappa shape index (κ3) is 8.76. The Morgan fingerprint density at radius 3 is 2.29 bits per heavy atom. The van der Waals surface area contributed by atoms with Gasteiger partial charge in [-0.25, -0.2) is 8.42 Å². The highest BCUT2D eigenvalue weighted by Crippen LogP contribution is 2.25. The average Bonchev–Trinajstić information content (AvgIpc) is 2.94. The molecule has 2 amide bonds. The van der Waals surface area contributed by atoms with Gasteiger partial charge in [0, 0.05) is 36.2 Å². The number of amides is 2. The summed E-state index contributed by atoms with van der Waals surface area (Å²) in [6.07, 6.45) is 1.74. The van der Waals surface area contributed by atoms with Crippen molar-refractivity contribution in [1.29, 1.82) is 0 Å². The summed E-state index contributed by atoms with van der Waals surface area (Å²) in [7, 11) is -4.06. The smallest absolute Gasteiger partial charge is 0.271 e. The Balaban J connectivity index is 2.09. The Morgan fingerprint density at radius 2 is 1.68 bits per heavy atom. The maximum Gasteiger partial charge on any atom is 0.271 e. The lowest BCUT2D eigenvalue weighted by Crippen LogP contribution is -2.54. The molecule has 0 aliphatic heterocycles. The van der Waals surface area contributed by atoms with Crippen molar-refractivity contribution in [3.05, 3.63) is 105 Å².